The van der Waals surface area contributed by atoms with E-state index in [1.165, 1.54) is 0 Å². The van der Waals surface area contributed by atoms with E-state index in [0.717, 1.165) is 5.56 Å². The first kappa shape index (κ1) is 10.4. The highest BCUT2D eigenvalue weighted by atomic mass is 16.7. The molecule has 0 amide bonds. The maximum absolute atomic E-state index is 5.93. The molecule has 74 valence electrons. The molecule has 1 aromatic carbocycles. The van der Waals surface area contributed by atoms with Crippen molar-refractivity contribution in [1.29, 1.82) is 0 Å². The lowest BCUT2D eigenvalue weighted by molar-refractivity contribution is 0.174. The molecule has 1 aliphatic rings. The molecule has 0 aromatic heterocycles. The predicted octanol–water partition coefficient (Wildman–Crippen LogP) is 0.252. The van der Waals surface area contributed by atoms with Crippen LogP contribution in [0.3, 0.4) is 0 Å². The second-order valence-electron chi connectivity index (χ2n) is 3.79. The van der Waals surface area contributed by atoms with Crippen molar-refractivity contribution in [3.05, 3.63) is 23.8 Å². The summed E-state index contributed by atoms with van der Waals surface area (Å²) in [7, 11) is 11.9. The van der Waals surface area contributed by atoms with Gasteiger partial charge in [0.05, 0.1) is 15.7 Å². The normalized spacial score (nSPS) is 16.4. The van der Waals surface area contributed by atoms with E-state index in [1.807, 2.05) is 0 Å². The van der Waals surface area contributed by atoms with Crippen LogP contribution < -0.4 is 15.2 Å². The Hall–Kier alpha value is -1.09. The maximum atomic E-state index is 5.93. The Morgan fingerprint density at radius 1 is 1.33 bits per heavy atom. The molecule has 0 fully saturated rings. The van der Waals surface area contributed by atoms with Crippen molar-refractivity contribution in [2.45, 2.75) is 18.2 Å². The molecule has 4 radical (unpaired) electrons. The van der Waals surface area contributed by atoms with Crippen LogP contribution in [-0.4, -0.2) is 28.5 Å². The number of fused-ring (bicyclic) bond motifs is 1. The van der Waals surface area contributed by atoms with E-state index in [0.29, 0.717) is 11.5 Å². The minimum Gasteiger partial charge on any atom is -0.454 e. The van der Waals surface area contributed by atoms with Gasteiger partial charge in [-0.25, -0.2) is 0 Å². The lowest BCUT2D eigenvalue weighted by Crippen LogP contribution is -2.44. The molecule has 0 bridgehead atoms. The summed E-state index contributed by atoms with van der Waals surface area (Å²) in [5, 5.41) is -1.05. The van der Waals surface area contributed by atoms with E-state index in [9.17, 15) is 0 Å². The van der Waals surface area contributed by atoms with Gasteiger partial charge in [-0.05, 0) is 18.2 Å². The molecule has 0 saturated carbocycles. The molecule has 0 aliphatic carbocycles. The molecular formula is C10H11B2NO2. The van der Waals surface area contributed by atoms with Crippen LogP contribution in [0.25, 0.3) is 0 Å². The zero-order valence-electron chi connectivity index (χ0n) is 8.57. The lowest BCUT2D eigenvalue weighted by atomic mass is 9.48. The zero-order chi connectivity index (χ0) is 11.1. The maximum Gasteiger partial charge on any atom is 0.231 e. The van der Waals surface area contributed by atoms with E-state index >= 15 is 0 Å². The van der Waals surface area contributed by atoms with Gasteiger partial charge >= 0.3 is 0 Å². The number of benzene rings is 1. The number of hydrogen-bond acceptors (Lipinski definition) is 3. The average molecular weight is 199 g/mol. The third-order valence-corrected chi connectivity index (χ3v) is 2.63. The number of ether oxygens (including phenoxy) is 2. The summed E-state index contributed by atoms with van der Waals surface area (Å²) in [4.78, 5) is 0. The van der Waals surface area contributed by atoms with Crippen molar-refractivity contribution in [2.75, 3.05) is 6.79 Å². The van der Waals surface area contributed by atoms with Gasteiger partial charge in [0.2, 0.25) is 6.79 Å². The standard InChI is InChI=1S/C10H11B2NO2/c1-6(13)10(11,12)7-2-3-8-9(4-7)15-5-14-8/h2-4,6H,5,13H2,1H3. The van der Waals surface area contributed by atoms with Gasteiger partial charge in [-0.1, -0.05) is 23.8 Å². The molecule has 1 aromatic rings. The number of rotatable bonds is 2. The molecule has 1 aliphatic heterocycles. The van der Waals surface area contributed by atoms with Crippen molar-refractivity contribution in [3.63, 3.8) is 0 Å². The van der Waals surface area contributed by atoms with Crippen molar-refractivity contribution in [1.82, 2.24) is 0 Å². The quantitative estimate of drug-likeness (QED) is 0.694. The van der Waals surface area contributed by atoms with Crippen molar-refractivity contribution >= 4 is 15.7 Å². The van der Waals surface area contributed by atoms with E-state index in [-0.39, 0.29) is 12.8 Å². The SMILES string of the molecule is [B]C([B])(c1ccc2c(c1)OCO2)C(C)N. The Morgan fingerprint density at radius 3 is 2.67 bits per heavy atom. The minimum atomic E-state index is -1.05. The summed E-state index contributed by atoms with van der Waals surface area (Å²) >= 11 is 0. The largest absolute Gasteiger partial charge is 0.454 e. The molecule has 0 spiro atoms. The molecule has 0 saturated heterocycles. The first-order valence-electron chi connectivity index (χ1n) is 4.75. The number of hydrogen-bond donors (Lipinski definition) is 1. The Kier molecular flexibility index (Phi) is 2.43. The third kappa shape index (κ3) is 1.72. The average Bonchev–Trinajstić information content (AvgIpc) is 2.63. The second-order valence-corrected chi connectivity index (χ2v) is 3.79. The summed E-state index contributed by atoms with van der Waals surface area (Å²) in [5.74, 6) is 1.37. The van der Waals surface area contributed by atoms with Crippen LogP contribution in [0.4, 0.5) is 0 Å². The monoisotopic (exact) mass is 199 g/mol. The van der Waals surface area contributed by atoms with Crippen LogP contribution in [-0.2, 0) is 5.21 Å². The van der Waals surface area contributed by atoms with E-state index in [1.54, 1.807) is 25.1 Å². The van der Waals surface area contributed by atoms with Gasteiger partial charge in [-0.2, -0.15) is 0 Å². The molecule has 1 atom stereocenters. The summed E-state index contributed by atoms with van der Waals surface area (Å²) in [6.45, 7) is 2.00. The highest BCUT2D eigenvalue weighted by molar-refractivity contribution is 6.40. The molecule has 3 nitrogen and oxygen atoms in total. The van der Waals surface area contributed by atoms with Gasteiger partial charge in [0.15, 0.2) is 11.5 Å². The van der Waals surface area contributed by atoms with Gasteiger partial charge in [-0.15, -0.1) is 0 Å². The van der Waals surface area contributed by atoms with Crippen LogP contribution in [0.15, 0.2) is 18.2 Å². The topological polar surface area (TPSA) is 44.5 Å². The van der Waals surface area contributed by atoms with Gasteiger partial charge in [0.1, 0.15) is 0 Å². The highest BCUT2D eigenvalue weighted by Crippen LogP contribution is 2.35. The van der Waals surface area contributed by atoms with E-state index in [2.05, 4.69) is 0 Å². The first-order chi connectivity index (χ1) is 7.01. The lowest BCUT2D eigenvalue weighted by Gasteiger charge is -2.30. The Labute approximate surface area is 91.8 Å². The fraction of sp³-hybridized carbons (Fsp3) is 0.400. The third-order valence-electron chi connectivity index (χ3n) is 2.63. The summed E-state index contributed by atoms with van der Waals surface area (Å²) in [6, 6.07) is 5.01. The summed E-state index contributed by atoms with van der Waals surface area (Å²) < 4.78 is 10.4. The van der Waals surface area contributed by atoms with Crippen LogP contribution >= 0.6 is 0 Å². The highest BCUT2D eigenvalue weighted by Gasteiger charge is 2.26. The molecule has 15 heavy (non-hydrogen) atoms. The van der Waals surface area contributed by atoms with Crippen LogP contribution in [0.5, 0.6) is 11.5 Å². The smallest absolute Gasteiger partial charge is 0.231 e. The Morgan fingerprint density at radius 2 is 2.00 bits per heavy atom. The molecule has 1 unspecified atom stereocenters. The minimum absolute atomic E-state index is 0.235. The second kappa shape index (κ2) is 3.49. The van der Waals surface area contributed by atoms with Crippen LogP contribution in [0.1, 0.15) is 12.5 Å². The molecular weight excluding hydrogens is 188 g/mol. The molecule has 1 heterocycles. The molecule has 2 N–H and O–H groups in total. The van der Waals surface area contributed by atoms with Crippen LogP contribution in [0, 0.1) is 0 Å². The van der Waals surface area contributed by atoms with E-state index < -0.39 is 5.21 Å². The summed E-state index contributed by atoms with van der Waals surface area (Å²) in [5.41, 5.74) is 6.46. The number of nitrogens with two attached hydrogens (primary N) is 1. The van der Waals surface area contributed by atoms with E-state index in [4.69, 9.17) is 30.9 Å². The fourth-order valence-corrected chi connectivity index (χ4v) is 1.43. The van der Waals surface area contributed by atoms with Gasteiger partial charge in [0.25, 0.3) is 0 Å². The summed E-state index contributed by atoms with van der Waals surface area (Å²) in [6.07, 6.45) is 0. The molecule has 2 rings (SSSR count). The van der Waals surface area contributed by atoms with Crippen molar-refractivity contribution < 1.29 is 9.47 Å². The van der Waals surface area contributed by atoms with Gasteiger partial charge in [-0.3, -0.25) is 0 Å². The van der Waals surface area contributed by atoms with Crippen molar-refractivity contribution in [3.8, 4) is 11.5 Å². The fourth-order valence-electron chi connectivity index (χ4n) is 1.43. The first-order valence-corrected chi connectivity index (χ1v) is 4.75. The molecule has 5 heteroatoms. The van der Waals surface area contributed by atoms with Crippen molar-refractivity contribution in [2.24, 2.45) is 5.73 Å². The Bertz CT molecular complexity index is 380. The van der Waals surface area contributed by atoms with Gasteiger partial charge in [0, 0.05) is 0 Å². The predicted molar refractivity (Wildman–Crippen MR) is 59.4 cm³/mol. The van der Waals surface area contributed by atoms with Crippen LogP contribution in [0.2, 0.25) is 0 Å². The van der Waals surface area contributed by atoms with Gasteiger partial charge < -0.3 is 15.2 Å². The zero-order valence-corrected chi connectivity index (χ0v) is 8.57. The Balaban J connectivity index is 2.38.